The second-order valence-corrected chi connectivity index (χ2v) is 4.55. The van der Waals surface area contributed by atoms with Gasteiger partial charge in [0.2, 0.25) is 0 Å². The van der Waals surface area contributed by atoms with E-state index in [9.17, 15) is 8.78 Å². The first kappa shape index (κ1) is 13.1. The molecule has 0 aromatic heterocycles. The molecular weight excluding hydrogens is 279 g/mol. The first-order valence-electron chi connectivity index (χ1n) is 5.19. The summed E-state index contributed by atoms with van der Waals surface area (Å²) in [7, 11) is 0. The largest absolute Gasteiger partial charge is 0.381 e. The fourth-order valence-electron chi connectivity index (χ4n) is 1.46. The van der Waals surface area contributed by atoms with Crippen LogP contribution in [-0.4, -0.2) is 0 Å². The van der Waals surface area contributed by atoms with Crippen LogP contribution in [0.5, 0.6) is 0 Å². The summed E-state index contributed by atoms with van der Waals surface area (Å²) in [5, 5.41) is 3.11. The van der Waals surface area contributed by atoms with E-state index in [0.29, 0.717) is 17.8 Å². The van der Waals surface area contributed by atoms with Crippen molar-refractivity contribution in [2.45, 2.75) is 6.54 Å². The second kappa shape index (κ2) is 5.55. The molecule has 0 spiro atoms. The fraction of sp³-hybridized carbons (Fsp3) is 0.0769. The Bertz CT molecular complexity index is 521. The molecule has 0 amide bonds. The highest BCUT2D eigenvalue weighted by Gasteiger charge is 2.03. The summed E-state index contributed by atoms with van der Waals surface area (Å²) >= 11 is 11.1. The van der Waals surface area contributed by atoms with Crippen molar-refractivity contribution in [1.82, 2.24) is 0 Å². The molecule has 0 saturated heterocycles. The van der Waals surface area contributed by atoms with Gasteiger partial charge in [0.1, 0.15) is 11.6 Å². The van der Waals surface area contributed by atoms with Gasteiger partial charge in [-0.05, 0) is 35.9 Å². The maximum Gasteiger partial charge on any atom is 0.143 e. The molecule has 1 N–H and O–H groups in total. The lowest BCUT2D eigenvalue weighted by atomic mass is 10.2. The molecule has 0 unspecified atom stereocenters. The summed E-state index contributed by atoms with van der Waals surface area (Å²) in [5.74, 6) is -0.970. The quantitative estimate of drug-likeness (QED) is 0.848. The Morgan fingerprint density at radius 3 is 2.11 bits per heavy atom. The zero-order valence-electron chi connectivity index (χ0n) is 9.18. The van der Waals surface area contributed by atoms with Crippen molar-refractivity contribution in [2.75, 3.05) is 5.32 Å². The van der Waals surface area contributed by atoms with Crippen LogP contribution < -0.4 is 5.32 Å². The molecule has 2 aromatic rings. The molecule has 0 aliphatic carbocycles. The lowest BCUT2D eigenvalue weighted by Gasteiger charge is -2.07. The number of hydrogen-bond acceptors (Lipinski definition) is 1. The molecule has 0 atom stereocenters. The summed E-state index contributed by atoms with van der Waals surface area (Å²) in [4.78, 5) is 0. The summed E-state index contributed by atoms with van der Waals surface area (Å²) in [6.07, 6.45) is 0. The van der Waals surface area contributed by atoms with Crippen LogP contribution in [0.3, 0.4) is 0 Å². The van der Waals surface area contributed by atoms with E-state index in [1.165, 1.54) is 24.3 Å². The highest BCUT2D eigenvalue weighted by molar-refractivity contribution is 6.31. The first-order chi connectivity index (χ1) is 8.56. The molecule has 0 aliphatic rings. The average molecular weight is 288 g/mol. The predicted molar refractivity (Wildman–Crippen MR) is 70.1 cm³/mol. The van der Waals surface area contributed by atoms with E-state index in [-0.39, 0.29) is 10.0 Å². The normalized spacial score (nSPS) is 10.4. The van der Waals surface area contributed by atoms with Crippen LogP contribution in [0.25, 0.3) is 0 Å². The van der Waals surface area contributed by atoms with Gasteiger partial charge < -0.3 is 5.32 Å². The third-order valence-electron chi connectivity index (χ3n) is 2.40. The zero-order valence-corrected chi connectivity index (χ0v) is 10.7. The molecule has 2 rings (SSSR count). The summed E-state index contributed by atoms with van der Waals surface area (Å²) in [6, 6.07) is 8.91. The molecule has 0 saturated carbocycles. The van der Waals surface area contributed by atoms with Gasteiger partial charge in [0, 0.05) is 12.2 Å². The third kappa shape index (κ3) is 3.12. The van der Waals surface area contributed by atoms with Crippen LogP contribution in [0.15, 0.2) is 36.4 Å². The Balaban J connectivity index is 2.06. The van der Waals surface area contributed by atoms with Crippen molar-refractivity contribution in [3.8, 4) is 0 Å². The molecule has 0 bridgehead atoms. The van der Waals surface area contributed by atoms with Crippen LogP contribution >= 0.6 is 23.2 Å². The Labute approximate surface area is 113 Å². The van der Waals surface area contributed by atoms with Gasteiger partial charge in [0.05, 0.1) is 10.0 Å². The fourth-order valence-corrected chi connectivity index (χ4v) is 1.69. The van der Waals surface area contributed by atoms with Gasteiger partial charge in [-0.25, -0.2) is 8.78 Å². The highest BCUT2D eigenvalue weighted by Crippen LogP contribution is 2.20. The minimum Gasteiger partial charge on any atom is -0.381 e. The molecule has 0 radical (unpaired) electrons. The Kier molecular flexibility index (Phi) is 4.04. The van der Waals surface area contributed by atoms with E-state index < -0.39 is 11.6 Å². The maximum absolute atomic E-state index is 13.2. The van der Waals surface area contributed by atoms with Crippen molar-refractivity contribution in [3.05, 3.63) is 63.6 Å². The predicted octanol–water partition coefficient (Wildman–Crippen LogP) is 4.88. The standard InChI is InChI=1S/C13H9Cl2F2N/c14-10-3-1-8(5-12(10)16)7-18-9-2-4-11(15)13(17)6-9/h1-6,18H,7H2. The first-order valence-corrected chi connectivity index (χ1v) is 5.95. The monoisotopic (exact) mass is 287 g/mol. The number of rotatable bonds is 3. The molecular formula is C13H9Cl2F2N. The van der Waals surface area contributed by atoms with E-state index >= 15 is 0 Å². The van der Waals surface area contributed by atoms with Gasteiger partial charge in [0.25, 0.3) is 0 Å². The lowest BCUT2D eigenvalue weighted by molar-refractivity contribution is 0.625. The van der Waals surface area contributed by atoms with Crippen LogP contribution in [0.4, 0.5) is 14.5 Å². The smallest absolute Gasteiger partial charge is 0.143 e. The van der Waals surface area contributed by atoms with Crippen molar-refractivity contribution in [1.29, 1.82) is 0 Å². The van der Waals surface area contributed by atoms with E-state index in [4.69, 9.17) is 23.2 Å². The molecule has 0 heterocycles. The molecule has 0 fully saturated rings. The zero-order chi connectivity index (χ0) is 13.1. The minimum atomic E-state index is -0.496. The second-order valence-electron chi connectivity index (χ2n) is 3.73. The number of benzene rings is 2. The Morgan fingerprint density at radius 1 is 0.889 bits per heavy atom. The third-order valence-corrected chi connectivity index (χ3v) is 3.01. The molecule has 0 aliphatic heterocycles. The van der Waals surface area contributed by atoms with Gasteiger partial charge in [-0.3, -0.25) is 0 Å². The topological polar surface area (TPSA) is 12.0 Å². The highest BCUT2D eigenvalue weighted by atomic mass is 35.5. The van der Waals surface area contributed by atoms with Gasteiger partial charge in [-0.1, -0.05) is 29.3 Å². The average Bonchev–Trinajstić information content (AvgIpc) is 2.35. The minimum absolute atomic E-state index is 0.0677. The molecule has 1 nitrogen and oxygen atoms in total. The van der Waals surface area contributed by atoms with Gasteiger partial charge in [0.15, 0.2) is 0 Å². The van der Waals surface area contributed by atoms with Crippen molar-refractivity contribution < 1.29 is 8.78 Å². The van der Waals surface area contributed by atoms with Crippen LogP contribution in [0.1, 0.15) is 5.56 Å². The van der Waals surface area contributed by atoms with E-state index in [0.717, 1.165) is 0 Å². The summed E-state index contributed by atoms with van der Waals surface area (Å²) in [5.41, 5.74) is 1.29. The molecule has 2 aromatic carbocycles. The number of nitrogens with one attached hydrogen (secondary N) is 1. The summed E-state index contributed by atoms with van der Waals surface area (Å²) in [6.45, 7) is 0.370. The van der Waals surface area contributed by atoms with Gasteiger partial charge >= 0.3 is 0 Å². The van der Waals surface area contributed by atoms with E-state index in [1.807, 2.05) is 0 Å². The molecule has 18 heavy (non-hydrogen) atoms. The van der Waals surface area contributed by atoms with Gasteiger partial charge in [-0.15, -0.1) is 0 Å². The van der Waals surface area contributed by atoms with E-state index in [2.05, 4.69) is 5.32 Å². The maximum atomic E-state index is 13.2. The Hall–Kier alpha value is -1.32. The van der Waals surface area contributed by atoms with Crippen LogP contribution in [-0.2, 0) is 6.54 Å². The van der Waals surface area contributed by atoms with Crippen molar-refractivity contribution in [2.24, 2.45) is 0 Å². The number of halogens is 4. The molecule has 94 valence electrons. The lowest BCUT2D eigenvalue weighted by Crippen LogP contribution is -2.00. The molecule has 5 heteroatoms. The number of anilines is 1. The van der Waals surface area contributed by atoms with Crippen molar-refractivity contribution >= 4 is 28.9 Å². The van der Waals surface area contributed by atoms with Gasteiger partial charge in [-0.2, -0.15) is 0 Å². The van der Waals surface area contributed by atoms with E-state index in [1.54, 1.807) is 12.1 Å². The SMILES string of the molecule is Fc1cc(CNc2ccc(Cl)c(F)c2)ccc1Cl. The summed E-state index contributed by atoms with van der Waals surface area (Å²) < 4.78 is 26.4. The Morgan fingerprint density at radius 2 is 1.50 bits per heavy atom. The van der Waals surface area contributed by atoms with Crippen LogP contribution in [0, 0.1) is 11.6 Å². The number of hydrogen-bond donors (Lipinski definition) is 1. The van der Waals surface area contributed by atoms with Crippen LogP contribution in [0.2, 0.25) is 10.0 Å². The van der Waals surface area contributed by atoms with Crippen molar-refractivity contribution in [3.63, 3.8) is 0 Å².